The van der Waals surface area contributed by atoms with E-state index in [0.717, 1.165) is 16.7 Å². The second kappa shape index (κ2) is 11.6. The molecular formula is C31H32N2O9S. The van der Waals surface area contributed by atoms with E-state index in [0.29, 0.717) is 51.0 Å². The average Bonchev–Trinajstić information content (AvgIpc) is 3.65. The molecule has 1 saturated heterocycles. The minimum Gasteiger partial charge on any atom is -0.497 e. The van der Waals surface area contributed by atoms with Crippen LogP contribution >= 0.6 is 12.2 Å². The van der Waals surface area contributed by atoms with Crippen molar-refractivity contribution in [2.45, 2.75) is 12.0 Å². The third-order valence-electron chi connectivity index (χ3n) is 8.17. The second-order valence-corrected chi connectivity index (χ2v) is 10.6. The molecule has 43 heavy (non-hydrogen) atoms. The highest BCUT2D eigenvalue weighted by atomic mass is 32.1. The van der Waals surface area contributed by atoms with E-state index in [1.165, 1.54) is 0 Å². The van der Waals surface area contributed by atoms with Crippen molar-refractivity contribution in [1.29, 1.82) is 0 Å². The number of fused-ring (bicyclic) bond motifs is 3. The zero-order chi connectivity index (χ0) is 30.2. The van der Waals surface area contributed by atoms with Gasteiger partial charge < -0.3 is 48.5 Å². The number of thiocarbonyl (C=S) groups is 1. The summed E-state index contributed by atoms with van der Waals surface area (Å²) >= 11 is 5.79. The number of methoxy groups -OCH3 is 5. The van der Waals surface area contributed by atoms with Crippen LogP contribution in [0.1, 0.15) is 28.7 Å². The molecule has 226 valence electrons. The Balaban J connectivity index is 1.44. The Morgan fingerprint density at radius 3 is 2.12 bits per heavy atom. The summed E-state index contributed by atoms with van der Waals surface area (Å²) in [6.45, 7) is 0.316. The summed E-state index contributed by atoms with van der Waals surface area (Å²) in [4.78, 5) is 13.5. The topological polar surface area (TPSA) is 115 Å². The number of esters is 1. The molecule has 3 aromatic carbocycles. The maximum Gasteiger partial charge on any atom is 0.310 e. The Hall–Kier alpha value is -4.58. The maximum atomic E-state index is 13.5. The number of benzene rings is 3. The summed E-state index contributed by atoms with van der Waals surface area (Å²) in [5, 5.41) is 7.02. The van der Waals surface area contributed by atoms with Crippen molar-refractivity contribution < 1.29 is 42.7 Å². The summed E-state index contributed by atoms with van der Waals surface area (Å²) in [6, 6.07) is 12.6. The van der Waals surface area contributed by atoms with Crippen LogP contribution in [0.2, 0.25) is 0 Å². The maximum absolute atomic E-state index is 13.5. The van der Waals surface area contributed by atoms with E-state index in [2.05, 4.69) is 10.6 Å². The van der Waals surface area contributed by atoms with Crippen molar-refractivity contribution in [2.75, 3.05) is 54.3 Å². The zero-order valence-electron chi connectivity index (χ0n) is 24.3. The molecule has 2 aliphatic heterocycles. The van der Waals surface area contributed by atoms with Gasteiger partial charge in [0.05, 0.1) is 59.8 Å². The van der Waals surface area contributed by atoms with Crippen LogP contribution in [0.3, 0.4) is 0 Å². The van der Waals surface area contributed by atoms with Gasteiger partial charge in [-0.25, -0.2) is 0 Å². The molecule has 0 amide bonds. The summed E-state index contributed by atoms with van der Waals surface area (Å²) in [7, 11) is 7.85. The molecule has 0 radical (unpaired) electrons. The van der Waals surface area contributed by atoms with Crippen molar-refractivity contribution in [1.82, 2.24) is 5.32 Å². The Morgan fingerprint density at radius 2 is 1.49 bits per heavy atom. The van der Waals surface area contributed by atoms with Gasteiger partial charge in [-0.3, -0.25) is 4.79 Å². The van der Waals surface area contributed by atoms with Crippen LogP contribution in [-0.4, -0.2) is 60.0 Å². The standard InChI is InChI=1S/C31H32N2O9S/c1-35-16-6-7-21(36-2)20(10-16)32-31(43)33-28-18-12-23-22(41-14-42-23)11-17(18)26(27-19(28)13-40-30(27)34)15-8-24(37-3)29(39-5)25(9-15)38-4/h6-12,19,26-28H,13-14H2,1-5H3,(H2,32,33,43)/t19-,26+,27-,28+/m0/s1. The molecular weight excluding hydrogens is 576 g/mol. The van der Waals surface area contributed by atoms with Crippen molar-refractivity contribution >= 4 is 29.0 Å². The van der Waals surface area contributed by atoms with Gasteiger partial charge in [-0.15, -0.1) is 0 Å². The highest BCUT2D eigenvalue weighted by molar-refractivity contribution is 7.80. The molecule has 0 spiro atoms. The van der Waals surface area contributed by atoms with Crippen molar-refractivity contribution in [3.05, 3.63) is 59.2 Å². The molecule has 3 aromatic rings. The fourth-order valence-corrected chi connectivity index (χ4v) is 6.48. The summed E-state index contributed by atoms with van der Waals surface area (Å²) < 4.78 is 45.0. The summed E-state index contributed by atoms with van der Waals surface area (Å²) in [5.74, 6) is 2.38. The lowest BCUT2D eigenvalue weighted by atomic mass is 9.65. The molecule has 11 nitrogen and oxygen atoms in total. The van der Waals surface area contributed by atoms with E-state index in [-0.39, 0.29) is 25.3 Å². The van der Waals surface area contributed by atoms with Crippen molar-refractivity contribution in [3.63, 3.8) is 0 Å². The van der Waals surface area contributed by atoms with Crippen LogP contribution in [0, 0.1) is 11.8 Å². The molecule has 6 rings (SSSR count). The molecule has 0 aromatic heterocycles. The molecule has 1 fully saturated rings. The lowest BCUT2D eigenvalue weighted by molar-refractivity contribution is -0.141. The predicted octanol–water partition coefficient (Wildman–Crippen LogP) is 4.42. The number of anilines is 1. The Kier molecular flexibility index (Phi) is 7.70. The first-order chi connectivity index (χ1) is 20.9. The van der Waals surface area contributed by atoms with E-state index in [9.17, 15) is 4.79 Å². The van der Waals surface area contributed by atoms with E-state index in [4.69, 9.17) is 50.1 Å². The number of nitrogens with one attached hydrogen (secondary N) is 2. The lowest BCUT2D eigenvalue weighted by Crippen LogP contribution is -2.44. The molecule has 1 aliphatic carbocycles. The summed E-state index contributed by atoms with van der Waals surface area (Å²) in [6.07, 6.45) is 0. The molecule has 12 heteroatoms. The molecule has 0 unspecified atom stereocenters. The van der Waals surface area contributed by atoms with Gasteiger partial charge in [0, 0.05) is 17.9 Å². The van der Waals surface area contributed by atoms with Gasteiger partial charge in [-0.2, -0.15) is 0 Å². The number of carbonyl (C=O) groups is 1. The van der Waals surface area contributed by atoms with Gasteiger partial charge >= 0.3 is 5.97 Å². The Bertz CT molecular complexity index is 1550. The molecule has 2 N–H and O–H groups in total. The van der Waals surface area contributed by atoms with Crippen LogP contribution in [0.15, 0.2) is 42.5 Å². The van der Waals surface area contributed by atoms with E-state index >= 15 is 0 Å². The molecule has 2 heterocycles. The number of hydrogen-bond donors (Lipinski definition) is 2. The van der Waals surface area contributed by atoms with Crippen LogP contribution in [0.5, 0.6) is 40.2 Å². The van der Waals surface area contributed by atoms with Gasteiger partial charge in [0.15, 0.2) is 28.1 Å². The lowest BCUT2D eigenvalue weighted by Gasteiger charge is -2.40. The smallest absolute Gasteiger partial charge is 0.310 e. The van der Waals surface area contributed by atoms with Gasteiger partial charge in [0.25, 0.3) is 0 Å². The Morgan fingerprint density at radius 1 is 0.814 bits per heavy atom. The quantitative estimate of drug-likeness (QED) is 0.279. The minimum atomic E-state index is -0.540. The van der Waals surface area contributed by atoms with Crippen molar-refractivity contribution in [2.24, 2.45) is 11.8 Å². The monoisotopic (exact) mass is 608 g/mol. The third kappa shape index (κ3) is 4.95. The average molecular weight is 609 g/mol. The number of cyclic esters (lactones) is 1. The van der Waals surface area contributed by atoms with Gasteiger partial charge in [-0.1, -0.05) is 0 Å². The predicted molar refractivity (Wildman–Crippen MR) is 160 cm³/mol. The highest BCUT2D eigenvalue weighted by Gasteiger charge is 2.53. The molecule has 0 bridgehead atoms. The number of ether oxygens (including phenoxy) is 8. The normalized spacial score (nSPS) is 21.2. The number of carbonyl (C=O) groups excluding carboxylic acids is 1. The number of rotatable bonds is 8. The second-order valence-electron chi connectivity index (χ2n) is 10.2. The van der Waals surface area contributed by atoms with Crippen LogP contribution in [0.4, 0.5) is 5.69 Å². The van der Waals surface area contributed by atoms with Gasteiger partial charge in [0.1, 0.15) is 11.5 Å². The van der Waals surface area contributed by atoms with Gasteiger partial charge in [-0.05, 0) is 65.3 Å². The van der Waals surface area contributed by atoms with Crippen LogP contribution in [0.25, 0.3) is 0 Å². The molecule has 3 aliphatic rings. The minimum absolute atomic E-state index is 0.107. The molecule has 0 saturated carbocycles. The fraction of sp³-hybridized carbons (Fsp3) is 0.355. The highest BCUT2D eigenvalue weighted by Crippen LogP contribution is 2.55. The number of hydrogen-bond acceptors (Lipinski definition) is 10. The van der Waals surface area contributed by atoms with Crippen LogP contribution < -0.4 is 43.8 Å². The SMILES string of the molecule is COc1ccc(OC)c(NC(=S)N[C@@H]2c3cc4c(cc3[C@@H](c3cc(OC)c(OC)c(OC)c3)[C@H]3C(=O)OC[C@@H]32)OCO4)c1. The van der Waals surface area contributed by atoms with E-state index < -0.39 is 17.9 Å². The first kappa shape index (κ1) is 28.5. The third-order valence-corrected chi connectivity index (χ3v) is 8.39. The van der Waals surface area contributed by atoms with E-state index in [1.54, 1.807) is 53.7 Å². The van der Waals surface area contributed by atoms with Crippen molar-refractivity contribution in [3.8, 4) is 40.2 Å². The first-order valence-corrected chi connectivity index (χ1v) is 14.0. The van der Waals surface area contributed by atoms with Gasteiger partial charge in [0.2, 0.25) is 12.5 Å². The molecule has 4 atom stereocenters. The van der Waals surface area contributed by atoms with Crippen LogP contribution in [-0.2, 0) is 9.53 Å². The summed E-state index contributed by atoms with van der Waals surface area (Å²) in [5.41, 5.74) is 3.22. The fourth-order valence-electron chi connectivity index (χ4n) is 6.24. The van der Waals surface area contributed by atoms with E-state index in [1.807, 2.05) is 24.3 Å². The zero-order valence-corrected chi connectivity index (χ0v) is 25.2. The largest absolute Gasteiger partial charge is 0.497 e. The Labute approximate surface area is 254 Å². The first-order valence-electron chi connectivity index (χ1n) is 13.6.